The van der Waals surface area contributed by atoms with Crippen molar-refractivity contribution in [1.29, 1.82) is 0 Å². The molecule has 1 aliphatic rings. The molecule has 1 fully saturated rings. The van der Waals surface area contributed by atoms with Crippen LogP contribution in [-0.2, 0) is 4.79 Å². The lowest BCUT2D eigenvalue weighted by Crippen LogP contribution is -2.44. The predicted octanol–water partition coefficient (Wildman–Crippen LogP) is 0.738. The summed E-state index contributed by atoms with van der Waals surface area (Å²) in [6.07, 6.45) is 1.47. The minimum absolute atomic E-state index is 0.0817. The number of piperidine rings is 1. The molecular formula is C14H18N2O4. The Morgan fingerprint density at radius 3 is 2.80 bits per heavy atom. The summed E-state index contributed by atoms with van der Waals surface area (Å²) in [5.41, 5.74) is 5.67. The van der Waals surface area contributed by atoms with Crippen LogP contribution in [0.4, 0.5) is 0 Å². The zero-order valence-corrected chi connectivity index (χ0v) is 11.3. The van der Waals surface area contributed by atoms with E-state index >= 15 is 0 Å². The number of primary amides is 1. The van der Waals surface area contributed by atoms with E-state index < -0.39 is 0 Å². The minimum Gasteiger partial charge on any atom is -0.504 e. The highest BCUT2D eigenvalue weighted by Gasteiger charge is 2.27. The lowest BCUT2D eigenvalue weighted by atomic mass is 9.97. The highest BCUT2D eigenvalue weighted by atomic mass is 16.5. The highest BCUT2D eigenvalue weighted by molar-refractivity contribution is 5.95. The molecule has 6 nitrogen and oxygen atoms in total. The van der Waals surface area contributed by atoms with Crippen molar-refractivity contribution < 1.29 is 19.4 Å². The maximum atomic E-state index is 12.3. The molecule has 1 aliphatic heterocycles. The van der Waals surface area contributed by atoms with Gasteiger partial charge in [-0.25, -0.2) is 0 Å². The van der Waals surface area contributed by atoms with E-state index in [4.69, 9.17) is 10.5 Å². The van der Waals surface area contributed by atoms with Crippen molar-refractivity contribution in [3.8, 4) is 11.5 Å². The Balaban J connectivity index is 2.14. The molecule has 0 spiro atoms. The smallest absolute Gasteiger partial charge is 0.254 e. The number of rotatable bonds is 3. The van der Waals surface area contributed by atoms with Crippen molar-refractivity contribution in [3.05, 3.63) is 23.8 Å². The van der Waals surface area contributed by atoms with Gasteiger partial charge in [0.2, 0.25) is 5.91 Å². The summed E-state index contributed by atoms with van der Waals surface area (Å²) >= 11 is 0. The van der Waals surface area contributed by atoms with Gasteiger partial charge in [0.25, 0.3) is 5.91 Å². The summed E-state index contributed by atoms with van der Waals surface area (Å²) in [6.45, 7) is 0.927. The number of nitrogens with two attached hydrogens (primary N) is 1. The average molecular weight is 278 g/mol. The van der Waals surface area contributed by atoms with Crippen molar-refractivity contribution in [2.24, 2.45) is 11.7 Å². The number of amides is 2. The Bertz CT molecular complexity index is 530. The molecule has 1 aromatic carbocycles. The molecule has 0 saturated carbocycles. The molecule has 2 amide bonds. The molecule has 20 heavy (non-hydrogen) atoms. The van der Waals surface area contributed by atoms with E-state index in [0.29, 0.717) is 30.8 Å². The van der Waals surface area contributed by atoms with Crippen LogP contribution in [0.5, 0.6) is 11.5 Å². The van der Waals surface area contributed by atoms with Crippen molar-refractivity contribution in [2.45, 2.75) is 12.8 Å². The van der Waals surface area contributed by atoms with E-state index in [1.165, 1.54) is 19.2 Å². The lowest BCUT2D eigenvalue weighted by Gasteiger charge is -2.31. The zero-order chi connectivity index (χ0) is 14.7. The van der Waals surface area contributed by atoms with Gasteiger partial charge in [0, 0.05) is 18.7 Å². The summed E-state index contributed by atoms with van der Waals surface area (Å²) in [7, 11) is 1.44. The lowest BCUT2D eigenvalue weighted by molar-refractivity contribution is -0.123. The fourth-order valence-electron chi connectivity index (χ4n) is 2.40. The van der Waals surface area contributed by atoms with Gasteiger partial charge >= 0.3 is 0 Å². The van der Waals surface area contributed by atoms with Gasteiger partial charge in [-0.1, -0.05) is 0 Å². The van der Waals surface area contributed by atoms with Gasteiger partial charge in [0.15, 0.2) is 11.5 Å². The van der Waals surface area contributed by atoms with Crippen LogP contribution >= 0.6 is 0 Å². The van der Waals surface area contributed by atoms with Crippen molar-refractivity contribution in [2.75, 3.05) is 20.2 Å². The fourth-order valence-corrected chi connectivity index (χ4v) is 2.40. The average Bonchev–Trinajstić information content (AvgIpc) is 2.46. The monoisotopic (exact) mass is 278 g/mol. The van der Waals surface area contributed by atoms with E-state index in [2.05, 4.69) is 0 Å². The molecule has 0 bridgehead atoms. The largest absolute Gasteiger partial charge is 0.504 e. The number of ether oxygens (including phenoxy) is 1. The van der Waals surface area contributed by atoms with Gasteiger partial charge in [-0.15, -0.1) is 0 Å². The molecule has 1 heterocycles. The number of hydrogen-bond acceptors (Lipinski definition) is 4. The molecule has 1 unspecified atom stereocenters. The third-order valence-corrected chi connectivity index (χ3v) is 3.54. The third-order valence-electron chi connectivity index (χ3n) is 3.54. The van der Waals surface area contributed by atoms with Crippen LogP contribution in [0.25, 0.3) is 0 Å². The number of benzene rings is 1. The van der Waals surface area contributed by atoms with Crippen LogP contribution in [0.15, 0.2) is 18.2 Å². The van der Waals surface area contributed by atoms with Crippen LogP contribution in [-0.4, -0.2) is 42.0 Å². The van der Waals surface area contributed by atoms with Gasteiger partial charge in [0.05, 0.1) is 13.0 Å². The summed E-state index contributed by atoms with van der Waals surface area (Å²) < 4.78 is 4.94. The van der Waals surface area contributed by atoms with Crippen LogP contribution in [0, 0.1) is 5.92 Å². The van der Waals surface area contributed by atoms with Gasteiger partial charge in [0.1, 0.15) is 0 Å². The number of nitrogens with zero attached hydrogens (tertiary/aromatic N) is 1. The first-order valence-corrected chi connectivity index (χ1v) is 6.48. The topological polar surface area (TPSA) is 92.9 Å². The number of phenols is 1. The minimum atomic E-state index is -0.375. The molecule has 0 aromatic heterocycles. The number of hydrogen-bond donors (Lipinski definition) is 2. The van der Waals surface area contributed by atoms with E-state index in [-0.39, 0.29) is 23.5 Å². The second-order valence-electron chi connectivity index (χ2n) is 4.88. The number of carbonyl (C=O) groups excluding carboxylic acids is 2. The SMILES string of the molecule is COc1ccc(C(=O)N2CCCC(C(N)=O)C2)cc1O. The van der Waals surface area contributed by atoms with Crippen LogP contribution in [0.3, 0.4) is 0 Å². The van der Waals surface area contributed by atoms with Crippen LogP contribution in [0.1, 0.15) is 23.2 Å². The summed E-state index contributed by atoms with van der Waals surface area (Å²) in [5, 5.41) is 9.71. The maximum absolute atomic E-state index is 12.3. The Labute approximate surface area is 117 Å². The molecule has 0 radical (unpaired) electrons. The second kappa shape index (κ2) is 5.81. The quantitative estimate of drug-likeness (QED) is 0.852. The van der Waals surface area contributed by atoms with E-state index in [1.807, 2.05) is 0 Å². The van der Waals surface area contributed by atoms with Crippen molar-refractivity contribution in [3.63, 3.8) is 0 Å². The van der Waals surface area contributed by atoms with Gasteiger partial charge in [-0.3, -0.25) is 9.59 Å². The number of methoxy groups -OCH3 is 1. The Morgan fingerprint density at radius 2 is 2.20 bits per heavy atom. The van der Waals surface area contributed by atoms with E-state index in [0.717, 1.165) is 6.42 Å². The Hall–Kier alpha value is -2.24. The van der Waals surface area contributed by atoms with Gasteiger partial charge < -0.3 is 20.5 Å². The first-order chi connectivity index (χ1) is 9.52. The highest BCUT2D eigenvalue weighted by Crippen LogP contribution is 2.27. The Morgan fingerprint density at radius 1 is 1.45 bits per heavy atom. The van der Waals surface area contributed by atoms with E-state index in [1.54, 1.807) is 11.0 Å². The third kappa shape index (κ3) is 2.84. The molecular weight excluding hydrogens is 260 g/mol. The fraction of sp³-hybridized carbons (Fsp3) is 0.429. The molecule has 0 aliphatic carbocycles. The standard InChI is InChI=1S/C14H18N2O4/c1-20-12-5-4-9(7-11(12)17)14(19)16-6-2-3-10(8-16)13(15)18/h4-5,7,10,17H,2-3,6,8H2,1H3,(H2,15,18). The molecule has 1 aromatic rings. The first kappa shape index (κ1) is 14.2. The normalized spacial score (nSPS) is 18.6. The van der Waals surface area contributed by atoms with E-state index in [9.17, 15) is 14.7 Å². The molecule has 2 rings (SSSR count). The molecule has 3 N–H and O–H groups in total. The first-order valence-electron chi connectivity index (χ1n) is 6.48. The summed E-state index contributed by atoms with van der Waals surface area (Å²) in [6, 6.07) is 4.50. The number of phenolic OH excluding ortho intramolecular Hbond substituents is 1. The summed E-state index contributed by atoms with van der Waals surface area (Å²) in [5.74, 6) is -0.648. The number of aromatic hydroxyl groups is 1. The predicted molar refractivity (Wildman–Crippen MR) is 72.5 cm³/mol. The molecule has 1 saturated heterocycles. The van der Waals surface area contributed by atoms with Crippen LogP contribution < -0.4 is 10.5 Å². The zero-order valence-electron chi connectivity index (χ0n) is 11.3. The number of carbonyl (C=O) groups is 2. The van der Waals surface area contributed by atoms with Crippen molar-refractivity contribution in [1.82, 2.24) is 4.90 Å². The van der Waals surface area contributed by atoms with Crippen LogP contribution in [0.2, 0.25) is 0 Å². The van der Waals surface area contributed by atoms with Gasteiger partial charge in [-0.05, 0) is 31.0 Å². The van der Waals surface area contributed by atoms with Crippen molar-refractivity contribution >= 4 is 11.8 Å². The molecule has 1 atom stereocenters. The number of likely N-dealkylation sites (tertiary alicyclic amines) is 1. The Kier molecular flexibility index (Phi) is 4.12. The molecule has 108 valence electrons. The summed E-state index contributed by atoms with van der Waals surface area (Å²) in [4.78, 5) is 25.2. The second-order valence-corrected chi connectivity index (χ2v) is 4.88. The maximum Gasteiger partial charge on any atom is 0.254 e. The van der Waals surface area contributed by atoms with Gasteiger partial charge in [-0.2, -0.15) is 0 Å². The molecule has 6 heteroatoms.